The molecule has 246 valence electrons. The van der Waals surface area contributed by atoms with Crippen LogP contribution in [-0.2, 0) is 38.1 Å². The van der Waals surface area contributed by atoms with E-state index in [-0.39, 0.29) is 12.0 Å². The Bertz CT molecular complexity index is 1520. The van der Waals surface area contributed by atoms with E-state index in [2.05, 4.69) is 0 Å². The Kier molecular flexibility index (Phi) is 8.65. The molecule has 2 saturated carbocycles. The van der Waals surface area contributed by atoms with Gasteiger partial charge in [0, 0.05) is 25.8 Å². The van der Waals surface area contributed by atoms with E-state index in [9.17, 15) is 29.4 Å². The van der Waals surface area contributed by atoms with Crippen molar-refractivity contribution in [2.45, 2.75) is 95.3 Å². The monoisotopic (exact) mass is 636 g/mol. The van der Waals surface area contributed by atoms with Crippen molar-refractivity contribution in [3.05, 3.63) is 77.9 Å². The molecule has 2 aromatic carbocycles. The molecular formula is C35H40O11. The Balaban J connectivity index is 1.70. The van der Waals surface area contributed by atoms with Gasteiger partial charge in [-0.3, -0.25) is 9.59 Å². The van der Waals surface area contributed by atoms with Crippen LogP contribution in [0.25, 0.3) is 6.08 Å². The van der Waals surface area contributed by atoms with Crippen molar-refractivity contribution in [2.75, 3.05) is 0 Å². The van der Waals surface area contributed by atoms with Gasteiger partial charge in [0.1, 0.15) is 29.5 Å². The minimum Gasteiger partial charge on any atom is -0.459 e. The predicted octanol–water partition coefficient (Wildman–Crippen LogP) is 3.40. The summed E-state index contributed by atoms with van der Waals surface area (Å²) in [5.74, 6) is -3.71. The maximum atomic E-state index is 13.7. The zero-order chi connectivity index (χ0) is 33.7. The van der Waals surface area contributed by atoms with E-state index < -0.39 is 82.5 Å². The molecule has 2 bridgehead atoms. The highest BCUT2D eigenvalue weighted by atomic mass is 16.6. The molecule has 3 aliphatic rings. The van der Waals surface area contributed by atoms with Crippen molar-refractivity contribution in [2.24, 2.45) is 11.3 Å². The molecular weight excluding hydrogens is 596 g/mol. The van der Waals surface area contributed by atoms with Crippen LogP contribution in [0.3, 0.4) is 0 Å². The number of hydrogen-bond acceptors (Lipinski definition) is 11. The van der Waals surface area contributed by atoms with Gasteiger partial charge in [0.15, 0.2) is 12.2 Å². The molecule has 0 aromatic heterocycles. The first-order valence-corrected chi connectivity index (χ1v) is 15.2. The van der Waals surface area contributed by atoms with Crippen LogP contribution in [0.15, 0.2) is 66.7 Å². The summed E-state index contributed by atoms with van der Waals surface area (Å²) < 4.78 is 30.5. The van der Waals surface area contributed by atoms with E-state index in [0.717, 1.165) is 12.5 Å². The van der Waals surface area contributed by atoms with Gasteiger partial charge in [-0.15, -0.1) is 0 Å². The van der Waals surface area contributed by atoms with E-state index in [1.165, 1.54) is 32.1 Å². The number of rotatable bonds is 7. The van der Waals surface area contributed by atoms with Crippen molar-refractivity contribution in [3.8, 4) is 0 Å². The molecule has 3 fully saturated rings. The van der Waals surface area contributed by atoms with Gasteiger partial charge < -0.3 is 33.9 Å². The first-order chi connectivity index (χ1) is 21.6. The fourth-order valence-electron chi connectivity index (χ4n) is 7.80. The number of benzene rings is 2. The lowest BCUT2D eigenvalue weighted by Gasteiger charge is -2.66. The van der Waals surface area contributed by atoms with E-state index in [1.807, 2.05) is 30.3 Å². The molecule has 0 unspecified atom stereocenters. The fourth-order valence-corrected chi connectivity index (χ4v) is 7.80. The number of aliphatic hydroxyl groups excluding tert-OH is 1. The number of carbonyl (C=O) groups is 4. The minimum absolute atomic E-state index is 0.0481. The zero-order valence-electron chi connectivity index (χ0n) is 26.7. The lowest BCUT2D eigenvalue weighted by Crippen LogP contribution is -2.85. The van der Waals surface area contributed by atoms with Gasteiger partial charge in [0.2, 0.25) is 0 Å². The normalized spacial score (nSPS) is 35.9. The average molecular weight is 637 g/mol. The number of hydrogen-bond donors (Lipinski definition) is 2. The number of esters is 4. The molecule has 5 rings (SSSR count). The summed E-state index contributed by atoms with van der Waals surface area (Å²) in [4.78, 5) is 52.1. The molecule has 1 aliphatic heterocycles. The lowest BCUT2D eigenvalue weighted by molar-refractivity contribution is -0.368. The third-order valence-corrected chi connectivity index (χ3v) is 9.86. The Morgan fingerprint density at radius 1 is 0.826 bits per heavy atom. The first-order valence-electron chi connectivity index (χ1n) is 15.2. The van der Waals surface area contributed by atoms with Crippen LogP contribution in [-0.4, -0.2) is 81.4 Å². The average Bonchev–Trinajstić information content (AvgIpc) is 3.18. The van der Waals surface area contributed by atoms with E-state index in [4.69, 9.17) is 23.7 Å². The van der Waals surface area contributed by atoms with Crippen molar-refractivity contribution >= 4 is 30.0 Å². The molecule has 11 heteroatoms. The van der Waals surface area contributed by atoms with Crippen LogP contribution < -0.4 is 0 Å². The summed E-state index contributed by atoms with van der Waals surface area (Å²) in [6, 6.07) is 17.1. The van der Waals surface area contributed by atoms with Crippen molar-refractivity contribution < 1.29 is 53.1 Å². The summed E-state index contributed by atoms with van der Waals surface area (Å²) >= 11 is 0. The van der Waals surface area contributed by atoms with Crippen molar-refractivity contribution in [1.82, 2.24) is 0 Å². The summed E-state index contributed by atoms with van der Waals surface area (Å²) in [6.45, 7) is 8.67. The van der Waals surface area contributed by atoms with Gasteiger partial charge in [0.25, 0.3) is 0 Å². The molecule has 46 heavy (non-hydrogen) atoms. The summed E-state index contributed by atoms with van der Waals surface area (Å²) in [5.41, 5.74) is -6.32. The van der Waals surface area contributed by atoms with Gasteiger partial charge in [0.05, 0.1) is 16.6 Å². The smallest absolute Gasteiger partial charge is 0.338 e. The SMILES string of the molecule is CC(=O)O[C@H]1[C@H](OC(=O)c2ccccc2)[C@@]2(C)[C@@H](OC(=O)/C=C/c3ccccc3)C[C@@H]3[C@@H](OC(C)=O)[C@]2(OC3(C)C)[C@@](C)(O)[C@H]1O. The van der Waals surface area contributed by atoms with Crippen LogP contribution in [0.4, 0.5) is 0 Å². The highest BCUT2D eigenvalue weighted by molar-refractivity contribution is 5.89. The Morgan fingerprint density at radius 3 is 2.00 bits per heavy atom. The Hall–Kier alpha value is -4.06. The van der Waals surface area contributed by atoms with Crippen LogP contribution in [0, 0.1) is 11.3 Å². The molecule has 1 saturated heterocycles. The van der Waals surface area contributed by atoms with Crippen LogP contribution >= 0.6 is 0 Å². The van der Waals surface area contributed by atoms with Crippen LogP contribution in [0.5, 0.6) is 0 Å². The van der Waals surface area contributed by atoms with Crippen molar-refractivity contribution in [3.63, 3.8) is 0 Å². The van der Waals surface area contributed by atoms with E-state index in [1.54, 1.807) is 45.0 Å². The Morgan fingerprint density at radius 2 is 1.41 bits per heavy atom. The summed E-state index contributed by atoms with van der Waals surface area (Å²) in [6.07, 6.45) is -4.59. The quantitative estimate of drug-likeness (QED) is 0.261. The zero-order valence-corrected chi connectivity index (χ0v) is 26.7. The Labute approximate surface area is 267 Å². The largest absolute Gasteiger partial charge is 0.459 e. The van der Waals surface area contributed by atoms with Gasteiger partial charge in [-0.05, 0) is 57.9 Å². The number of aliphatic hydroxyl groups is 2. The number of carbonyl (C=O) groups excluding carboxylic acids is 4. The molecule has 11 nitrogen and oxygen atoms in total. The van der Waals surface area contributed by atoms with Crippen LogP contribution in [0.2, 0.25) is 0 Å². The minimum atomic E-state index is -2.31. The molecule has 2 N–H and O–H groups in total. The number of fused-ring (bicyclic) bond motifs is 1. The van der Waals surface area contributed by atoms with Crippen molar-refractivity contribution in [1.29, 1.82) is 0 Å². The fraction of sp³-hybridized carbons (Fsp3) is 0.486. The molecule has 2 aliphatic carbocycles. The predicted molar refractivity (Wildman–Crippen MR) is 163 cm³/mol. The molecule has 9 atom stereocenters. The van der Waals surface area contributed by atoms with E-state index in [0.29, 0.717) is 0 Å². The third kappa shape index (κ3) is 5.30. The lowest BCUT2D eigenvalue weighted by atomic mass is 9.46. The summed E-state index contributed by atoms with van der Waals surface area (Å²) in [7, 11) is 0. The van der Waals surface area contributed by atoms with E-state index >= 15 is 0 Å². The second kappa shape index (κ2) is 11.9. The molecule has 1 spiro atoms. The maximum absolute atomic E-state index is 13.7. The molecule has 0 radical (unpaired) electrons. The molecule has 1 heterocycles. The maximum Gasteiger partial charge on any atom is 0.338 e. The molecule has 2 aromatic rings. The third-order valence-electron chi connectivity index (χ3n) is 9.86. The highest BCUT2D eigenvalue weighted by Gasteiger charge is 2.86. The topological polar surface area (TPSA) is 155 Å². The summed E-state index contributed by atoms with van der Waals surface area (Å²) in [5, 5.41) is 24.2. The van der Waals surface area contributed by atoms with Gasteiger partial charge >= 0.3 is 23.9 Å². The van der Waals surface area contributed by atoms with Gasteiger partial charge in [-0.2, -0.15) is 0 Å². The number of ether oxygens (including phenoxy) is 5. The standard InChI is InChI=1S/C35H40O11/c1-20(36)42-27-28(39)34(6,41)35-29(43-21(2)37)24(32(3,4)46-35)19-25(44-26(38)18-17-22-13-9-7-10-14-22)33(35,5)30(27)45-31(40)23-15-11-8-12-16-23/h7-18,24-25,27-30,39,41H,19H2,1-6H3/b18-17+/t24-,25+,27-,28+,29-,30+,33-,34+,35-/m1/s1. The van der Waals surface area contributed by atoms with Gasteiger partial charge in [-0.1, -0.05) is 48.5 Å². The second-order valence-corrected chi connectivity index (χ2v) is 13.1. The van der Waals surface area contributed by atoms with Gasteiger partial charge in [-0.25, -0.2) is 9.59 Å². The van der Waals surface area contributed by atoms with Crippen LogP contribution in [0.1, 0.15) is 63.9 Å². The highest BCUT2D eigenvalue weighted by Crippen LogP contribution is 2.69. The second-order valence-electron chi connectivity index (χ2n) is 13.1. The first kappa shape index (κ1) is 33.3. The molecule has 0 amide bonds.